The molecule has 13 heteroatoms. The summed E-state index contributed by atoms with van der Waals surface area (Å²) in [4.78, 5) is 54.8. The average Bonchev–Trinajstić information content (AvgIpc) is 3.29. The summed E-state index contributed by atoms with van der Waals surface area (Å²) >= 11 is 0. The molecule has 0 spiro atoms. The number of aromatic amines is 1. The van der Waals surface area contributed by atoms with Gasteiger partial charge in [0.1, 0.15) is 24.4 Å². The summed E-state index contributed by atoms with van der Waals surface area (Å²) in [5.74, 6) is -3.57. The van der Waals surface area contributed by atoms with E-state index in [1.807, 2.05) is 0 Å². The summed E-state index contributed by atoms with van der Waals surface area (Å²) in [7, 11) is 0. The molecule has 0 bridgehead atoms. The van der Waals surface area contributed by atoms with Crippen LogP contribution in [0.25, 0.3) is 0 Å². The Morgan fingerprint density at radius 3 is 2.24 bits per heavy atom. The minimum Gasteiger partial charge on any atom is -0.508 e. The summed E-state index contributed by atoms with van der Waals surface area (Å²) in [5, 5.41) is 34.3. The van der Waals surface area contributed by atoms with E-state index in [9.17, 15) is 29.4 Å². The van der Waals surface area contributed by atoms with E-state index in [2.05, 4.69) is 25.9 Å². The zero-order valence-corrected chi connectivity index (χ0v) is 17.5. The number of amides is 3. The Hall–Kier alpha value is -3.97. The lowest BCUT2D eigenvalue weighted by molar-refractivity contribution is -0.139. The summed E-state index contributed by atoms with van der Waals surface area (Å²) in [5.41, 5.74) is 7.10. The number of hydrogen-bond acceptors (Lipinski definition) is 8. The van der Waals surface area contributed by atoms with Crippen LogP contribution in [0, 0.1) is 0 Å². The molecule has 13 nitrogen and oxygen atoms in total. The van der Waals surface area contributed by atoms with Crippen LogP contribution in [0.4, 0.5) is 0 Å². The number of nitrogens with zero attached hydrogens (tertiary/aromatic N) is 1. The first-order valence-corrected chi connectivity index (χ1v) is 9.91. The normalized spacial score (nSPS) is 13.4. The number of nitrogens with two attached hydrogens (primary N) is 1. The molecule has 33 heavy (non-hydrogen) atoms. The molecule has 1 aromatic heterocycles. The molecule has 2 rings (SSSR count). The van der Waals surface area contributed by atoms with Crippen LogP contribution in [0.5, 0.6) is 5.75 Å². The standard InChI is InChI=1S/C20H26N6O7/c21-14(5-11-1-3-13(28)4-2-11)18(31)25-15(6-12-7-22-10-24-12)20(33)26-16(9-27)19(32)23-8-17(29)30/h1-4,7,10,14-16,27-28H,5-6,8-9,21H2,(H,22,24)(H,23,32)(H,25,31)(H,26,33)(H,29,30)/t14-,15-,16-/m0/s1. The Kier molecular flexibility index (Phi) is 9.32. The van der Waals surface area contributed by atoms with E-state index in [0.29, 0.717) is 11.3 Å². The van der Waals surface area contributed by atoms with E-state index in [0.717, 1.165) is 0 Å². The lowest BCUT2D eigenvalue weighted by atomic mass is 10.0. The number of aliphatic hydroxyl groups excluding tert-OH is 1. The molecule has 0 aliphatic heterocycles. The van der Waals surface area contributed by atoms with Gasteiger partial charge < -0.3 is 42.0 Å². The molecular formula is C20H26N6O7. The van der Waals surface area contributed by atoms with Crippen LogP contribution < -0.4 is 21.7 Å². The number of phenolic OH excluding ortho intramolecular Hbond substituents is 1. The maximum Gasteiger partial charge on any atom is 0.322 e. The molecule has 3 amide bonds. The molecule has 0 saturated heterocycles. The van der Waals surface area contributed by atoms with Crippen molar-refractivity contribution in [1.29, 1.82) is 0 Å². The number of aromatic nitrogens is 2. The van der Waals surface area contributed by atoms with Crippen LogP contribution in [0.15, 0.2) is 36.8 Å². The van der Waals surface area contributed by atoms with Crippen LogP contribution >= 0.6 is 0 Å². The SMILES string of the molecule is N[C@@H](Cc1ccc(O)cc1)C(=O)N[C@@H](Cc1c[nH]cn1)C(=O)N[C@@H](CO)C(=O)NCC(=O)O. The van der Waals surface area contributed by atoms with Gasteiger partial charge in [0.15, 0.2) is 0 Å². The van der Waals surface area contributed by atoms with Crippen LogP contribution in [-0.2, 0) is 32.0 Å². The van der Waals surface area contributed by atoms with Crippen molar-refractivity contribution in [2.45, 2.75) is 31.0 Å². The number of benzene rings is 1. The second-order valence-electron chi connectivity index (χ2n) is 7.16. The van der Waals surface area contributed by atoms with Gasteiger partial charge in [0.25, 0.3) is 0 Å². The third kappa shape index (κ3) is 8.23. The topological polar surface area (TPSA) is 220 Å². The van der Waals surface area contributed by atoms with Gasteiger partial charge in [-0.3, -0.25) is 19.2 Å². The Balaban J connectivity index is 2.06. The van der Waals surface area contributed by atoms with Gasteiger partial charge in [0.2, 0.25) is 17.7 Å². The summed E-state index contributed by atoms with van der Waals surface area (Å²) in [6.07, 6.45) is 3.01. The number of rotatable bonds is 12. The number of carboxylic acid groups (broad SMARTS) is 1. The molecule has 2 aromatic rings. The smallest absolute Gasteiger partial charge is 0.322 e. The first kappa shape index (κ1) is 25.3. The number of aromatic hydroxyl groups is 1. The second-order valence-corrected chi connectivity index (χ2v) is 7.16. The Morgan fingerprint density at radius 1 is 1.00 bits per heavy atom. The van der Waals surface area contributed by atoms with E-state index in [1.165, 1.54) is 24.7 Å². The number of aliphatic hydroxyl groups is 1. The van der Waals surface area contributed by atoms with Crippen molar-refractivity contribution in [2.75, 3.05) is 13.2 Å². The van der Waals surface area contributed by atoms with Crippen LogP contribution in [0.3, 0.4) is 0 Å². The lowest BCUT2D eigenvalue weighted by Crippen LogP contribution is -2.57. The van der Waals surface area contributed by atoms with Gasteiger partial charge in [-0.1, -0.05) is 12.1 Å². The molecule has 0 radical (unpaired) electrons. The van der Waals surface area contributed by atoms with Crippen LogP contribution in [0.1, 0.15) is 11.3 Å². The predicted molar refractivity (Wildman–Crippen MR) is 114 cm³/mol. The van der Waals surface area contributed by atoms with Crippen molar-refractivity contribution in [3.63, 3.8) is 0 Å². The van der Waals surface area contributed by atoms with Crippen molar-refractivity contribution in [3.8, 4) is 5.75 Å². The fourth-order valence-electron chi connectivity index (χ4n) is 2.83. The fraction of sp³-hybridized carbons (Fsp3) is 0.350. The highest BCUT2D eigenvalue weighted by molar-refractivity contribution is 5.93. The van der Waals surface area contributed by atoms with Crippen molar-refractivity contribution in [1.82, 2.24) is 25.9 Å². The van der Waals surface area contributed by atoms with Gasteiger partial charge in [-0.15, -0.1) is 0 Å². The monoisotopic (exact) mass is 462 g/mol. The quantitative estimate of drug-likeness (QED) is 0.165. The number of hydrogen-bond donors (Lipinski definition) is 8. The molecule has 0 saturated carbocycles. The summed E-state index contributed by atoms with van der Waals surface area (Å²) in [6, 6.07) is 2.50. The molecule has 178 valence electrons. The number of carbonyl (C=O) groups is 4. The zero-order chi connectivity index (χ0) is 24.4. The number of nitrogens with one attached hydrogen (secondary N) is 4. The minimum absolute atomic E-state index is 0.0398. The third-order valence-electron chi connectivity index (χ3n) is 4.56. The molecule has 0 unspecified atom stereocenters. The molecular weight excluding hydrogens is 436 g/mol. The number of carbonyl (C=O) groups excluding carboxylic acids is 3. The first-order valence-electron chi connectivity index (χ1n) is 9.91. The van der Waals surface area contributed by atoms with Gasteiger partial charge in [0, 0.05) is 12.6 Å². The molecule has 1 heterocycles. The van der Waals surface area contributed by atoms with Gasteiger partial charge in [0.05, 0.1) is 24.7 Å². The molecule has 0 aliphatic carbocycles. The number of carboxylic acids is 1. The number of H-pyrrole nitrogens is 1. The lowest BCUT2D eigenvalue weighted by Gasteiger charge is -2.23. The maximum absolute atomic E-state index is 12.8. The van der Waals surface area contributed by atoms with Crippen molar-refractivity contribution < 1.29 is 34.5 Å². The van der Waals surface area contributed by atoms with E-state index in [-0.39, 0.29) is 18.6 Å². The number of imidazole rings is 1. The van der Waals surface area contributed by atoms with E-state index in [1.54, 1.807) is 12.1 Å². The molecule has 9 N–H and O–H groups in total. The Labute approximate surface area is 188 Å². The summed E-state index contributed by atoms with van der Waals surface area (Å²) < 4.78 is 0. The second kappa shape index (κ2) is 12.2. The predicted octanol–water partition coefficient (Wildman–Crippen LogP) is -2.61. The van der Waals surface area contributed by atoms with Gasteiger partial charge in [-0.25, -0.2) is 4.98 Å². The van der Waals surface area contributed by atoms with Gasteiger partial charge in [-0.2, -0.15) is 0 Å². The molecule has 1 aromatic carbocycles. The molecule has 0 aliphatic rings. The number of phenols is 1. The summed E-state index contributed by atoms with van der Waals surface area (Å²) in [6.45, 7) is -1.48. The molecule has 3 atom stereocenters. The van der Waals surface area contributed by atoms with Gasteiger partial charge in [-0.05, 0) is 24.1 Å². The van der Waals surface area contributed by atoms with E-state index < -0.39 is 55.0 Å². The van der Waals surface area contributed by atoms with Gasteiger partial charge >= 0.3 is 5.97 Å². The fourth-order valence-corrected chi connectivity index (χ4v) is 2.83. The maximum atomic E-state index is 12.8. The highest BCUT2D eigenvalue weighted by Gasteiger charge is 2.28. The Morgan fingerprint density at radius 2 is 1.67 bits per heavy atom. The highest BCUT2D eigenvalue weighted by atomic mass is 16.4. The van der Waals surface area contributed by atoms with E-state index >= 15 is 0 Å². The first-order chi connectivity index (χ1) is 15.7. The van der Waals surface area contributed by atoms with Crippen molar-refractivity contribution >= 4 is 23.7 Å². The largest absolute Gasteiger partial charge is 0.508 e. The third-order valence-corrected chi connectivity index (χ3v) is 4.56. The Bertz CT molecular complexity index is 948. The minimum atomic E-state index is -1.43. The number of aliphatic carboxylic acids is 1. The van der Waals surface area contributed by atoms with E-state index in [4.69, 9.17) is 10.8 Å². The van der Waals surface area contributed by atoms with Crippen LogP contribution in [0.2, 0.25) is 0 Å². The van der Waals surface area contributed by atoms with Crippen molar-refractivity contribution in [2.24, 2.45) is 5.73 Å². The highest BCUT2D eigenvalue weighted by Crippen LogP contribution is 2.11. The zero-order valence-electron chi connectivity index (χ0n) is 17.5. The van der Waals surface area contributed by atoms with Crippen molar-refractivity contribution in [3.05, 3.63) is 48.0 Å². The molecule has 0 fully saturated rings. The van der Waals surface area contributed by atoms with Crippen LogP contribution in [-0.4, -0.2) is 80.3 Å². The average molecular weight is 462 g/mol.